The number of hydrogen-bond acceptors (Lipinski definition) is 2. The van der Waals surface area contributed by atoms with E-state index >= 15 is 0 Å². The van der Waals surface area contributed by atoms with Crippen LogP contribution in [-0.4, -0.2) is 36.3 Å². The van der Waals surface area contributed by atoms with Crippen LogP contribution in [0.4, 0.5) is 0 Å². The largest absolute Gasteiger partial charge is 0.352 e. The van der Waals surface area contributed by atoms with Crippen LogP contribution >= 0.6 is 0 Å². The topological polar surface area (TPSA) is 49.4 Å². The quantitative estimate of drug-likeness (QED) is 0.853. The summed E-state index contributed by atoms with van der Waals surface area (Å²) in [7, 11) is 1.62. The van der Waals surface area contributed by atoms with Gasteiger partial charge < -0.3 is 10.2 Å². The average molecular weight is 234 g/mol. The molecule has 0 bridgehead atoms. The van der Waals surface area contributed by atoms with Gasteiger partial charge in [-0.25, -0.2) is 0 Å². The minimum Gasteiger partial charge on any atom is -0.352 e. The summed E-state index contributed by atoms with van der Waals surface area (Å²) in [4.78, 5) is 24.8. The van der Waals surface area contributed by atoms with Crippen molar-refractivity contribution in [2.45, 2.75) is 19.9 Å². The number of carbonyl (C=O) groups excluding carboxylic acids is 2. The number of benzene rings is 1. The van der Waals surface area contributed by atoms with E-state index in [4.69, 9.17) is 0 Å². The lowest BCUT2D eigenvalue weighted by molar-refractivity contribution is -0.122. The van der Waals surface area contributed by atoms with Gasteiger partial charge in [0.1, 0.15) is 0 Å². The minimum atomic E-state index is -0.149. The summed E-state index contributed by atoms with van der Waals surface area (Å²) in [6.45, 7) is 3.85. The van der Waals surface area contributed by atoms with Crippen molar-refractivity contribution >= 4 is 11.8 Å². The van der Waals surface area contributed by atoms with Crippen LogP contribution in [0.1, 0.15) is 24.2 Å². The van der Waals surface area contributed by atoms with Gasteiger partial charge in [-0.2, -0.15) is 0 Å². The Morgan fingerprint density at radius 2 is 1.82 bits per heavy atom. The van der Waals surface area contributed by atoms with Crippen molar-refractivity contribution in [1.82, 2.24) is 10.2 Å². The predicted molar refractivity (Wildman–Crippen MR) is 66.7 cm³/mol. The Bertz CT molecular complexity index is 388. The normalized spacial score (nSPS) is 10.1. The van der Waals surface area contributed by atoms with Crippen molar-refractivity contribution in [1.29, 1.82) is 0 Å². The van der Waals surface area contributed by atoms with Gasteiger partial charge in [0.15, 0.2) is 0 Å². The molecule has 4 nitrogen and oxygen atoms in total. The van der Waals surface area contributed by atoms with Gasteiger partial charge in [-0.3, -0.25) is 9.59 Å². The smallest absolute Gasteiger partial charge is 0.254 e. The van der Waals surface area contributed by atoms with E-state index in [0.29, 0.717) is 5.56 Å². The van der Waals surface area contributed by atoms with Crippen molar-refractivity contribution < 1.29 is 9.59 Å². The molecule has 0 aliphatic heterocycles. The second-order valence-corrected chi connectivity index (χ2v) is 4.25. The standard InChI is InChI=1S/C13H18N2O2/c1-10(2)14-12(16)9-15(3)13(17)11-7-5-4-6-8-11/h4-8,10H,9H2,1-3H3,(H,14,16). The van der Waals surface area contributed by atoms with Crippen molar-refractivity contribution in [3.05, 3.63) is 35.9 Å². The summed E-state index contributed by atoms with van der Waals surface area (Å²) in [5.74, 6) is -0.295. The van der Waals surface area contributed by atoms with E-state index in [1.807, 2.05) is 19.9 Å². The zero-order valence-corrected chi connectivity index (χ0v) is 10.4. The fourth-order valence-corrected chi connectivity index (χ4v) is 1.46. The summed E-state index contributed by atoms with van der Waals surface area (Å²) in [5, 5.41) is 2.75. The summed E-state index contributed by atoms with van der Waals surface area (Å²) in [5.41, 5.74) is 0.590. The number of rotatable bonds is 4. The lowest BCUT2D eigenvalue weighted by Crippen LogP contribution is -2.40. The summed E-state index contributed by atoms with van der Waals surface area (Å²) < 4.78 is 0. The van der Waals surface area contributed by atoms with Crippen molar-refractivity contribution in [2.24, 2.45) is 0 Å². The van der Waals surface area contributed by atoms with E-state index in [1.54, 1.807) is 31.3 Å². The molecule has 0 atom stereocenters. The van der Waals surface area contributed by atoms with Crippen LogP contribution in [0.2, 0.25) is 0 Å². The first-order valence-corrected chi connectivity index (χ1v) is 5.60. The number of nitrogens with one attached hydrogen (secondary N) is 1. The average Bonchev–Trinajstić information content (AvgIpc) is 2.28. The van der Waals surface area contributed by atoms with Gasteiger partial charge in [0.2, 0.25) is 5.91 Å². The molecule has 0 aliphatic carbocycles. The Labute approximate surface area is 102 Å². The summed E-state index contributed by atoms with van der Waals surface area (Å²) in [6, 6.07) is 9.01. The lowest BCUT2D eigenvalue weighted by atomic mass is 10.2. The van der Waals surface area contributed by atoms with Gasteiger partial charge in [0.05, 0.1) is 6.54 Å². The zero-order chi connectivity index (χ0) is 12.8. The van der Waals surface area contributed by atoms with E-state index in [9.17, 15) is 9.59 Å². The van der Waals surface area contributed by atoms with Gasteiger partial charge >= 0.3 is 0 Å². The predicted octanol–water partition coefficient (Wildman–Crippen LogP) is 1.28. The molecule has 0 heterocycles. The molecule has 1 N–H and O–H groups in total. The Kier molecular flexibility index (Phi) is 4.69. The van der Waals surface area contributed by atoms with E-state index in [-0.39, 0.29) is 24.4 Å². The molecule has 17 heavy (non-hydrogen) atoms. The molecule has 92 valence electrons. The Morgan fingerprint density at radius 1 is 1.24 bits per heavy atom. The molecule has 2 amide bonds. The Balaban J connectivity index is 2.56. The Hall–Kier alpha value is -1.84. The number of amides is 2. The summed E-state index contributed by atoms with van der Waals surface area (Å²) >= 11 is 0. The second-order valence-electron chi connectivity index (χ2n) is 4.25. The Morgan fingerprint density at radius 3 is 2.35 bits per heavy atom. The first-order chi connectivity index (χ1) is 8.00. The van der Waals surface area contributed by atoms with E-state index in [2.05, 4.69) is 5.32 Å². The highest BCUT2D eigenvalue weighted by Gasteiger charge is 2.14. The SMILES string of the molecule is CC(C)NC(=O)CN(C)C(=O)c1ccccc1. The van der Waals surface area contributed by atoms with Crippen LogP contribution in [0, 0.1) is 0 Å². The third-order valence-corrected chi connectivity index (χ3v) is 2.20. The molecular weight excluding hydrogens is 216 g/mol. The maximum atomic E-state index is 11.9. The van der Waals surface area contributed by atoms with Crippen molar-refractivity contribution in [2.75, 3.05) is 13.6 Å². The molecule has 0 radical (unpaired) electrons. The van der Waals surface area contributed by atoms with Gasteiger partial charge in [0.25, 0.3) is 5.91 Å². The molecule has 1 aromatic rings. The molecule has 1 aromatic carbocycles. The number of nitrogens with zero attached hydrogens (tertiary/aromatic N) is 1. The van der Waals surface area contributed by atoms with Crippen LogP contribution in [0.25, 0.3) is 0 Å². The summed E-state index contributed by atoms with van der Waals surface area (Å²) in [6.07, 6.45) is 0. The zero-order valence-electron chi connectivity index (χ0n) is 10.4. The molecule has 0 spiro atoms. The van der Waals surface area contributed by atoms with Crippen molar-refractivity contribution in [3.63, 3.8) is 0 Å². The molecule has 0 aliphatic rings. The van der Waals surface area contributed by atoms with Crippen LogP contribution in [0.3, 0.4) is 0 Å². The second kappa shape index (κ2) is 6.03. The number of carbonyl (C=O) groups is 2. The fourth-order valence-electron chi connectivity index (χ4n) is 1.46. The molecule has 0 saturated carbocycles. The first-order valence-electron chi connectivity index (χ1n) is 5.60. The molecule has 0 unspecified atom stereocenters. The van der Waals surface area contributed by atoms with Gasteiger partial charge in [0, 0.05) is 18.7 Å². The maximum absolute atomic E-state index is 11.9. The minimum absolute atomic E-state index is 0.0753. The van der Waals surface area contributed by atoms with E-state index < -0.39 is 0 Å². The van der Waals surface area contributed by atoms with Gasteiger partial charge in [-0.1, -0.05) is 18.2 Å². The molecule has 1 rings (SSSR count). The number of likely N-dealkylation sites (N-methyl/N-ethyl adjacent to an activating group) is 1. The van der Waals surface area contributed by atoms with Gasteiger partial charge in [-0.05, 0) is 26.0 Å². The van der Waals surface area contributed by atoms with Crippen molar-refractivity contribution in [3.8, 4) is 0 Å². The monoisotopic (exact) mass is 234 g/mol. The highest BCUT2D eigenvalue weighted by atomic mass is 16.2. The molecule has 0 saturated heterocycles. The lowest BCUT2D eigenvalue weighted by Gasteiger charge is -2.17. The van der Waals surface area contributed by atoms with Crippen LogP contribution in [0.15, 0.2) is 30.3 Å². The molecule has 0 fully saturated rings. The highest BCUT2D eigenvalue weighted by molar-refractivity contribution is 5.96. The van der Waals surface area contributed by atoms with E-state index in [0.717, 1.165) is 0 Å². The third kappa shape index (κ3) is 4.26. The number of hydrogen-bond donors (Lipinski definition) is 1. The molecular formula is C13H18N2O2. The fraction of sp³-hybridized carbons (Fsp3) is 0.385. The molecule has 4 heteroatoms. The first kappa shape index (κ1) is 13.2. The maximum Gasteiger partial charge on any atom is 0.254 e. The third-order valence-electron chi connectivity index (χ3n) is 2.20. The van der Waals surface area contributed by atoms with Crippen LogP contribution in [-0.2, 0) is 4.79 Å². The highest BCUT2D eigenvalue weighted by Crippen LogP contribution is 2.02. The molecule has 0 aromatic heterocycles. The van der Waals surface area contributed by atoms with Gasteiger partial charge in [-0.15, -0.1) is 0 Å². The van der Waals surface area contributed by atoms with E-state index in [1.165, 1.54) is 4.90 Å². The van der Waals surface area contributed by atoms with Crippen LogP contribution in [0.5, 0.6) is 0 Å². The van der Waals surface area contributed by atoms with Crippen LogP contribution < -0.4 is 5.32 Å².